The van der Waals surface area contributed by atoms with Gasteiger partial charge < -0.3 is 5.32 Å². The maximum absolute atomic E-state index is 13.0. The summed E-state index contributed by atoms with van der Waals surface area (Å²) in [6.45, 7) is 1.46. The van der Waals surface area contributed by atoms with Crippen molar-refractivity contribution in [2.75, 3.05) is 11.9 Å². The second-order valence-electron chi connectivity index (χ2n) is 8.19. The van der Waals surface area contributed by atoms with Gasteiger partial charge in [-0.15, -0.1) is 0 Å². The van der Waals surface area contributed by atoms with Crippen LogP contribution in [0.25, 0.3) is 11.1 Å². The predicted octanol–water partition coefficient (Wildman–Crippen LogP) is 3.43. The number of sulfonamides is 1. The van der Waals surface area contributed by atoms with Crippen molar-refractivity contribution in [2.24, 2.45) is 0 Å². The van der Waals surface area contributed by atoms with E-state index in [1.165, 1.54) is 12.3 Å². The maximum atomic E-state index is 13.0. The van der Waals surface area contributed by atoms with Crippen molar-refractivity contribution >= 4 is 33.2 Å². The number of carbonyl (C=O) groups is 1. The Morgan fingerprint density at radius 1 is 1.05 bits per heavy atom. The largest absolute Gasteiger partial charge is 0.324 e. The van der Waals surface area contributed by atoms with E-state index in [1.807, 2.05) is 18.2 Å². The molecule has 2 aromatic heterocycles. The van der Waals surface area contributed by atoms with E-state index >= 15 is 0 Å². The standard InChI is InChI=1S/C26H24ClN5O4S/c1-18-10-11-21(15-23(18)37(35,36)30-14-12-20-9-5-6-13-28-20)31-24(33)17-32-26(34)25(22(27)16-29-32)19-7-3-2-4-8-19/h2-11,13,15-16,30H,12,14,17H2,1H3,(H,31,33). The van der Waals surface area contributed by atoms with Gasteiger partial charge in [0, 0.05) is 30.5 Å². The number of pyridine rings is 1. The lowest BCUT2D eigenvalue weighted by Crippen LogP contribution is -2.30. The molecular formula is C26H24ClN5O4S. The lowest BCUT2D eigenvalue weighted by molar-refractivity contribution is -0.117. The first-order valence-electron chi connectivity index (χ1n) is 11.4. The molecule has 0 aliphatic rings. The molecule has 190 valence electrons. The Kier molecular flexibility index (Phi) is 8.12. The summed E-state index contributed by atoms with van der Waals surface area (Å²) >= 11 is 6.21. The zero-order chi connectivity index (χ0) is 26.4. The van der Waals surface area contributed by atoms with E-state index in [-0.39, 0.29) is 34.3 Å². The molecule has 2 N–H and O–H groups in total. The van der Waals surface area contributed by atoms with E-state index in [4.69, 9.17) is 11.6 Å². The van der Waals surface area contributed by atoms with Crippen LogP contribution in [-0.2, 0) is 27.8 Å². The number of amides is 1. The van der Waals surface area contributed by atoms with Gasteiger partial charge in [-0.05, 0) is 42.3 Å². The van der Waals surface area contributed by atoms with Crippen molar-refractivity contribution in [1.82, 2.24) is 19.5 Å². The van der Waals surface area contributed by atoms with Gasteiger partial charge in [0.1, 0.15) is 6.54 Å². The van der Waals surface area contributed by atoms with Crippen LogP contribution in [0.1, 0.15) is 11.3 Å². The Balaban J connectivity index is 1.47. The molecule has 37 heavy (non-hydrogen) atoms. The smallest absolute Gasteiger partial charge is 0.276 e. The Morgan fingerprint density at radius 2 is 1.81 bits per heavy atom. The van der Waals surface area contributed by atoms with Crippen molar-refractivity contribution in [3.05, 3.63) is 106 Å². The summed E-state index contributed by atoms with van der Waals surface area (Å²) in [5.74, 6) is -0.550. The van der Waals surface area contributed by atoms with Gasteiger partial charge in [-0.1, -0.05) is 54.1 Å². The number of aryl methyl sites for hydroxylation is 1. The minimum atomic E-state index is -3.84. The zero-order valence-electron chi connectivity index (χ0n) is 19.9. The molecule has 0 atom stereocenters. The van der Waals surface area contributed by atoms with E-state index in [1.54, 1.807) is 55.6 Å². The molecule has 0 aliphatic carbocycles. The second-order valence-corrected chi connectivity index (χ2v) is 10.3. The third kappa shape index (κ3) is 6.48. The quantitative estimate of drug-likeness (QED) is 0.337. The first-order chi connectivity index (χ1) is 17.7. The van der Waals surface area contributed by atoms with Crippen LogP contribution >= 0.6 is 11.6 Å². The van der Waals surface area contributed by atoms with Gasteiger partial charge in [0.15, 0.2) is 0 Å². The minimum absolute atomic E-state index is 0.0412. The molecule has 0 saturated carbocycles. The fourth-order valence-corrected chi connectivity index (χ4v) is 5.22. The van der Waals surface area contributed by atoms with Crippen LogP contribution in [0.2, 0.25) is 5.02 Å². The van der Waals surface area contributed by atoms with Gasteiger partial charge in [0.05, 0.1) is 21.7 Å². The minimum Gasteiger partial charge on any atom is -0.324 e. The summed E-state index contributed by atoms with van der Waals surface area (Å²) in [5, 5.41) is 6.79. The molecule has 0 unspecified atom stereocenters. The molecule has 2 heterocycles. The van der Waals surface area contributed by atoms with Gasteiger partial charge in [0.2, 0.25) is 15.9 Å². The van der Waals surface area contributed by atoms with E-state index in [0.717, 1.165) is 10.4 Å². The second kappa shape index (κ2) is 11.5. The highest BCUT2D eigenvalue weighted by molar-refractivity contribution is 7.89. The molecule has 0 bridgehead atoms. The third-order valence-corrected chi connectivity index (χ3v) is 7.40. The number of carbonyl (C=O) groups excluding carboxylic acids is 1. The van der Waals surface area contributed by atoms with Gasteiger partial charge in [-0.3, -0.25) is 14.6 Å². The number of hydrogen-bond donors (Lipinski definition) is 2. The molecular weight excluding hydrogens is 514 g/mol. The number of halogens is 1. The number of aromatic nitrogens is 3. The fraction of sp³-hybridized carbons (Fsp3) is 0.154. The number of anilines is 1. The van der Waals surface area contributed by atoms with Gasteiger partial charge in [-0.25, -0.2) is 17.8 Å². The number of rotatable bonds is 9. The number of nitrogens with one attached hydrogen (secondary N) is 2. The van der Waals surface area contributed by atoms with Crippen molar-refractivity contribution in [3.8, 4) is 11.1 Å². The lowest BCUT2D eigenvalue weighted by atomic mass is 10.1. The molecule has 2 aromatic carbocycles. The molecule has 9 nitrogen and oxygen atoms in total. The van der Waals surface area contributed by atoms with Crippen LogP contribution in [0.3, 0.4) is 0 Å². The van der Waals surface area contributed by atoms with E-state index in [2.05, 4.69) is 20.1 Å². The summed E-state index contributed by atoms with van der Waals surface area (Å²) in [7, 11) is -3.84. The number of nitrogens with zero attached hydrogens (tertiary/aromatic N) is 3. The van der Waals surface area contributed by atoms with Crippen molar-refractivity contribution in [1.29, 1.82) is 0 Å². The summed E-state index contributed by atoms with van der Waals surface area (Å²) in [6.07, 6.45) is 3.39. The normalized spacial score (nSPS) is 11.3. The summed E-state index contributed by atoms with van der Waals surface area (Å²) < 4.78 is 29.4. The lowest BCUT2D eigenvalue weighted by Gasteiger charge is -2.13. The fourth-order valence-electron chi connectivity index (χ4n) is 3.69. The Bertz CT molecular complexity index is 1580. The van der Waals surface area contributed by atoms with Gasteiger partial charge >= 0.3 is 0 Å². The molecule has 4 rings (SSSR count). The third-order valence-electron chi connectivity index (χ3n) is 5.51. The Hall–Kier alpha value is -3.86. The van der Waals surface area contributed by atoms with Crippen molar-refractivity contribution in [3.63, 3.8) is 0 Å². The summed E-state index contributed by atoms with van der Waals surface area (Å²) in [5.41, 5.74) is 1.89. The van der Waals surface area contributed by atoms with E-state index in [0.29, 0.717) is 17.5 Å². The Morgan fingerprint density at radius 3 is 2.54 bits per heavy atom. The molecule has 1 amide bonds. The topological polar surface area (TPSA) is 123 Å². The first-order valence-corrected chi connectivity index (χ1v) is 13.2. The highest BCUT2D eigenvalue weighted by atomic mass is 35.5. The summed E-state index contributed by atoms with van der Waals surface area (Å²) in [6, 6.07) is 18.9. The average molecular weight is 538 g/mol. The van der Waals surface area contributed by atoms with E-state index < -0.39 is 21.5 Å². The molecule has 0 spiro atoms. The van der Waals surface area contributed by atoms with Crippen LogP contribution in [0.5, 0.6) is 0 Å². The highest BCUT2D eigenvalue weighted by Crippen LogP contribution is 2.23. The Labute approximate surface area is 219 Å². The molecule has 0 radical (unpaired) electrons. The molecule has 0 fully saturated rings. The molecule has 0 aliphatic heterocycles. The van der Waals surface area contributed by atoms with Crippen LogP contribution < -0.4 is 15.6 Å². The molecule has 0 saturated heterocycles. The van der Waals surface area contributed by atoms with Crippen LogP contribution in [0.15, 0.2) is 88.8 Å². The molecule has 11 heteroatoms. The van der Waals surface area contributed by atoms with Crippen LogP contribution in [0, 0.1) is 6.92 Å². The van der Waals surface area contributed by atoms with Gasteiger partial charge in [0.25, 0.3) is 5.56 Å². The average Bonchev–Trinajstić information content (AvgIpc) is 2.88. The predicted molar refractivity (Wildman–Crippen MR) is 142 cm³/mol. The summed E-state index contributed by atoms with van der Waals surface area (Å²) in [4.78, 5) is 29.9. The highest BCUT2D eigenvalue weighted by Gasteiger charge is 2.19. The first kappa shape index (κ1) is 26.2. The van der Waals surface area contributed by atoms with Crippen molar-refractivity contribution in [2.45, 2.75) is 24.8 Å². The zero-order valence-corrected chi connectivity index (χ0v) is 21.5. The number of benzene rings is 2. The van der Waals surface area contributed by atoms with Crippen LogP contribution in [0.4, 0.5) is 5.69 Å². The molecule has 4 aromatic rings. The SMILES string of the molecule is Cc1ccc(NC(=O)Cn2ncc(Cl)c(-c3ccccc3)c2=O)cc1S(=O)(=O)NCCc1ccccn1. The van der Waals surface area contributed by atoms with E-state index in [9.17, 15) is 18.0 Å². The van der Waals surface area contributed by atoms with Crippen molar-refractivity contribution < 1.29 is 13.2 Å². The number of hydrogen-bond acceptors (Lipinski definition) is 6. The van der Waals surface area contributed by atoms with Crippen LogP contribution in [-0.4, -0.2) is 35.6 Å². The van der Waals surface area contributed by atoms with Gasteiger partial charge in [-0.2, -0.15) is 5.10 Å². The monoisotopic (exact) mass is 537 g/mol. The maximum Gasteiger partial charge on any atom is 0.276 e.